The van der Waals surface area contributed by atoms with Gasteiger partial charge in [0.1, 0.15) is 46.5 Å². The van der Waals surface area contributed by atoms with Crippen molar-refractivity contribution in [1.29, 1.82) is 0 Å². The molecule has 0 amide bonds. The van der Waals surface area contributed by atoms with Gasteiger partial charge in [0.15, 0.2) is 17.3 Å². The van der Waals surface area contributed by atoms with Gasteiger partial charge in [0.2, 0.25) is 0 Å². The van der Waals surface area contributed by atoms with Crippen LogP contribution in [0.2, 0.25) is 0 Å². The third kappa shape index (κ3) is 26.0. The van der Waals surface area contributed by atoms with Crippen LogP contribution >= 0.6 is 0 Å². The van der Waals surface area contributed by atoms with Gasteiger partial charge in [-0.3, -0.25) is 14.4 Å². The Balaban J connectivity index is 0.000000144. The number of halogens is 8. The number of benzene rings is 12. The molecule has 4 aliphatic rings. The maximum atomic E-state index is 13.4. The SMILES string of the molecule is C[C@@H]1CC[C@H](CCC(=O)c2cc(-c3ccc(F)cc3)cc(-c3ccc(F)cc3)c2)C1.C[C@@H]1CC[C@H](CN)C1.N[C@@H]1CC[C@H](CCC(=O)c2cc(-c3ccc(F)cc3)cc(-c3ccc(F)cc3)c2)C1.N[C@@H]1CC[C@H](CCC(=O)c2cc(-c3ccc(F)cc3)cc(-c3ccc(F)cc3)c2)C1.O=C(O)c1cc(-c2ccc(F)cc2)cc(-c2ccc(F)cc2)c1. The minimum absolute atomic E-state index is 0.0859. The van der Waals surface area contributed by atoms with Crippen LogP contribution in [-0.2, 0) is 0 Å². The summed E-state index contributed by atoms with van der Waals surface area (Å²) in [7, 11) is 0. The molecule has 0 radical (unpaired) electrons. The fourth-order valence-corrected chi connectivity index (χ4v) is 16.9. The lowest BCUT2D eigenvalue weighted by molar-refractivity contribution is 0.0696. The van der Waals surface area contributed by atoms with E-state index < -0.39 is 5.97 Å². The molecule has 8 atom stereocenters. The van der Waals surface area contributed by atoms with E-state index in [9.17, 15) is 59.4 Å². The van der Waals surface area contributed by atoms with Crippen molar-refractivity contribution in [2.75, 3.05) is 6.54 Å². The molecule has 0 bridgehead atoms. The first kappa shape index (κ1) is 88.7. The van der Waals surface area contributed by atoms with Crippen LogP contribution in [0.4, 0.5) is 35.1 Å². The zero-order chi connectivity index (χ0) is 85.6. The van der Waals surface area contributed by atoms with E-state index in [-0.39, 0.29) is 81.5 Å². The molecule has 0 heterocycles. The summed E-state index contributed by atoms with van der Waals surface area (Å²) < 4.78 is 106. The van der Waals surface area contributed by atoms with Gasteiger partial charge in [-0.25, -0.2) is 39.9 Å². The highest BCUT2D eigenvalue weighted by atomic mass is 19.2. The molecule has 8 nitrogen and oxygen atoms in total. The second-order valence-electron chi connectivity index (χ2n) is 33.1. The van der Waals surface area contributed by atoms with Gasteiger partial charge in [0.05, 0.1) is 5.56 Å². The monoisotopic (exact) mass is 1640 g/mol. The molecule has 16 rings (SSSR count). The number of hydrogen-bond donors (Lipinski definition) is 4. The van der Waals surface area contributed by atoms with Crippen LogP contribution in [0.5, 0.6) is 0 Å². The molecule has 12 aromatic carbocycles. The van der Waals surface area contributed by atoms with Gasteiger partial charge in [0, 0.05) is 48.0 Å². The van der Waals surface area contributed by atoms with Gasteiger partial charge in [-0.2, -0.15) is 0 Å². The Hall–Kier alpha value is -11.6. The first-order chi connectivity index (χ1) is 58.3. The quantitative estimate of drug-likeness (QED) is 0.0384. The average molecular weight is 1640 g/mol. The van der Waals surface area contributed by atoms with Crippen LogP contribution in [0.1, 0.15) is 171 Å². The van der Waals surface area contributed by atoms with E-state index in [4.69, 9.17) is 17.2 Å². The summed E-state index contributed by atoms with van der Waals surface area (Å²) in [5.74, 6) is 0.936. The van der Waals surface area contributed by atoms with E-state index in [1.807, 2.05) is 54.6 Å². The number of hydrogen-bond acceptors (Lipinski definition) is 7. The zero-order valence-corrected chi connectivity index (χ0v) is 68.3. The van der Waals surface area contributed by atoms with Gasteiger partial charge in [-0.15, -0.1) is 0 Å². The number of carboxylic acid groups (broad SMARTS) is 1. The number of ketones is 3. The van der Waals surface area contributed by atoms with Gasteiger partial charge in [-0.05, 0) is 378 Å². The molecule has 0 saturated heterocycles. The first-order valence-corrected chi connectivity index (χ1v) is 42.0. The van der Waals surface area contributed by atoms with Crippen molar-refractivity contribution in [3.63, 3.8) is 0 Å². The average Bonchev–Trinajstić information content (AvgIpc) is 1.53. The van der Waals surface area contributed by atoms with E-state index in [2.05, 4.69) is 13.8 Å². The normalized spacial score (nSPS) is 18.3. The topological polar surface area (TPSA) is 167 Å². The second-order valence-corrected chi connectivity index (χ2v) is 33.1. The maximum Gasteiger partial charge on any atom is 0.335 e. The highest BCUT2D eigenvalue weighted by Gasteiger charge is 2.27. The summed E-state index contributed by atoms with van der Waals surface area (Å²) in [6.45, 7) is 5.50. The van der Waals surface area contributed by atoms with Gasteiger partial charge in [-0.1, -0.05) is 130 Å². The van der Waals surface area contributed by atoms with Crippen molar-refractivity contribution < 1.29 is 59.4 Å². The Labute approximate surface area is 704 Å². The lowest BCUT2D eigenvalue weighted by Gasteiger charge is -2.12. The molecule has 121 heavy (non-hydrogen) atoms. The largest absolute Gasteiger partial charge is 0.478 e. The lowest BCUT2D eigenvalue weighted by Crippen LogP contribution is -2.15. The number of aromatic carboxylic acids is 1. The van der Waals surface area contributed by atoms with Crippen LogP contribution in [0.3, 0.4) is 0 Å². The Morgan fingerprint density at radius 1 is 0.264 bits per heavy atom. The molecule has 624 valence electrons. The van der Waals surface area contributed by atoms with E-state index in [1.54, 1.807) is 103 Å². The van der Waals surface area contributed by atoms with Crippen LogP contribution in [0, 0.1) is 82.0 Å². The minimum Gasteiger partial charge on any atom is -0.478 e. The molecule has 4 fully saturated rings. The number of nitrogens with two attached hydrogens (primary N) is 3. The second kappa shape index (κ2) is 42.6. The molecular weight excluding hydrogens is 1540 g/mol. The van der Waals surface area contributed by atoms with Gasteiger partial charge in [0.25, 0.3) is 0 Å². The van der Waals surface area contributed by atoms with Crippen molar-refractivity contribution >= 4 is 23.3 Å². The molecule has 0 unspecified atom stereocenters. The molecule has 4 saturated carbocycles. The van der Waals surface area contributed by atoms with E-state index in [0.717, 1.165) is 149 Å². The molecule has 0 spiro atoms. The molecule has 4 aliphatic carbocycles. The summed E-state index contributed by atoms with van der Waals surface area (Å²) >= 11 is 0. The molecular formula is C105H103F8N3O5. The molecule has 0 aliphatic heterocycles. The summed E-state index contributed by atoms with van der Waals surface area (Å²) in [6, 6.07) is 71.5. The van der Waals surface area contributed by atoms with Crippen LogP contribution in [0.15, 0.2) is 267 Å². The third-order valence-electron chi connectivity index (χ3n) is 23.8. The number of carbonyl (C=O) groups excluding carboxylic acids is 3. The molecule has 12 aromatic rings. The fourth-order valence-electron chi connectivity index (χ4n) is 16.9. The first-order valence-electron chi connectivity index (χ1n) is 42.0. The van der Waals surface area contributed by atoms with Gasteiger partial charge >= 0.3 is 5.97 Å². The summed E-state index contributed by atoms with van der Waals surface area (Å²) in [4.78, 5) is 50.4. The molecule has 16 heteroatoms. The Kier molecular flexibility index (Phi) is 31.2. The Morgan fingerprint density at radius 3 is 0.620 bits per heavy atom. The highest BCUT2D eigenvalue weighted by molar-refractivity contribution is 6.01. The summed E-state index contributed by atoms with van der Waals surface area (Å²) in [6.07, 6.45) is 18.2. The van der Waals surface area contributed by atoms with Crippen LogP contribution < -0.4 is 17.2 Å². The van der Waals surface area contributed by atoms with Crippen LogP contribution in [-0.4, -0.2) is 47.1 Å². The zero-order valence-electron chi connectivity index (χ0n) is 68.3. The van der Waals surface area contributed by atoms with Crippen molar-refractivity contribution in [1.82, 2.24) is 0 Å². The fraction of sp³-hybridized carbons (Fsp3) is 0.276. The van der Waals surface area contributed by atoms with E-state index in [1.165, 1.54) is 148 Å². The van der Waals surface area contributed by atoms with Crippen LogP contribution in [0.25, 0.3) is 89.0 Å². The van der Waals surface area contributed by atoms with Crippen molar-refractivity contribution in [2.45, 2.75) is 142 Å². The number of carbonyl (C=O) groups is 4. The molecule has 7 N–H and O–H groups in total. The Bertz CT molecular complexity index is 4800. The highest BCUT2D eigenvalue weighted by Crippen LogP contribution is 2.39. The molecule has 0 aromatic heterocycles. The number of Topliss-reactive ketones (excluding diaryl/α,β-unsaturated/α-hetero) is 3. The van der Waals surface area contributed by atoms with Gasteiger partial charge < -0.3 is 22.3 Å². The maximum absolute atomic E-state index is 13.4. The smallest absolute Gasteiger partial charge is 0.335 e. The van der Waals surface area contributed by atoms with E-state index in [0.29, 0.717) is 76.0 Å². The third-order valence-corrected chi connectivity index (χ3v) is 23.8. The standard InChI is InChI=1S/C27H26F2O.2C26H25F2NO.C19H12F2O2.C7H15N/c1-18-2-3-19(14-18)4-13-27(30)24-16-22(20-5-9-25(28)10-6-20)15-23(17-24)21-7-11-26(29)12-8-21;2*27-23-7-3-18(4-8-23)20-14-21(19-5-9-24(28)10-6-19)16-22(15-20)26(30)12-2-17-1-11-25(29)13-17;20-17-5-1-12(2-6-17)14-9-15(11-16(10-14)19(22)23)13-3-7-18(21)8-4-13;1-6-2-3-7(4-6)5-8/h5-12,15-19H,2-4,13-14H2,1H3;2*3-10,14-17,25H,1-2,11-13,29H2;1-11H,(H,22,23);6-7H,2-5,8H2,1H3/t18-,19-;2*17-,25-;;6-,7+/m111.1/s1. The predicted molar refractivity (Wildman–Crippen MR) is 469 cm³/mol. The summed E-state index contributed by atoms with van der Waals surface area (Å²) in [5.41, 5.74) is 32.3. The van der Waals surface area contributed by atoms with Crippen molar-refractivity contribution in [3.05, 3.63) is 336 Å². The van der Waals surface area contributed by atoms with Crippen molar-refractivity contribution in [2.24, 2.45) is 52.7 Å². The minimum atomic E-state index is -1.06. The summed E-state index contributed by atoms with van der Waals surface area (Å²) in [5, 5.41) is 9.30. The lowest BCUT2D eigenvalue weighted by atomic mass is 9.92. The number of carboxylic acids is 1. The predicted octanol–water partition coefficient (Wildman–Crippen LogP) is 26.9. The van der Waals surface area contributed by atoms with E-state index >= 15 is 0 Å². The Morgan fingerprint density at radius 2 is 0.455 bits per heavy atom. The number of rotatable bonds is 22. The van der Waals surface area contributed by atoms with Crippen molar-refractivity contribution in [3.8, 4) is 89.0 Å².